The SMILES string of the molecule is NC=NC=Nc1ccc(N)cc1Oc1cccc(F)c1. The van der Waals surface area contributed by atoms with E-state index >= 15 is 0 Å². The number of hydrogen-bond donors (Lipinski definition) is 2. The Morgan fingerprint density at radius 2 is 2.00 bits per heavy atom. The van der Waals surface area contributed by atoms with Gasteiger partial charge in [-0.25, -0.2) is 14.4 Å². The van der Waals surface area contributed by atoms with Crippen molar-refractivity contribution in [3.05, 3.63) is 48.3 Å². The van der Waals surface area contributed by atoms with E-state index < -0.39 is 0 Å². The summed E-state index contributed by atoms with van der Waals surface area (Å²) < 4.78 is 18.7. The van der Waals surface area contributed by atoms with Gasteiger partial charge in [0.1, 0.15) is 23.6 Å². The summed E-state index contributed by atoms with van der Waals surface area (Å²) in [7, 11) is 0. The molecule has 2 aromatic carbocycles. The number of nitrogens with two attached hydrogens (primary N) is 2. The molecule has 6 heteroatoms. The van der Waals surface area contributed by atoms with Crippen molar-refractivity contribution in [1.29, 1.82) is 0 Å². The normalized spacial score (nSPS) is 11.2. The first-order chi connectivity index (χ1) is 9.69. The molecule has 0 atom stereocenters. The first-order valence-corrected chi connectivity index (χ1v) is 5.78. The van der Waals surface area contributed by atoms with E-state index in [-0.39, 0.29) is 5.82 Å². The first-order valence-electron chi connectivity index (χ1n) is 5.78. The number of nitrogens with zero attached hydrogens (tertiary/aromatic N) is 2. The molecule has 0 saturated carbocycles. The summed E-state index contributed by atoms with van der Waals surface area (Å²) in [4.78, 5) is 7.74. The Labute approximate surface area is 115 Å². The van der Waals surface area contributed by atoms with E-state index in [1.54, 1.807) is 30.3 Å². The van der Waals surface area contributed by atoms with Crippen molar-refractivity contribution in [1.82, 2.24) is 0 Å². The number of halogens is 1. The third-order valence-electron chi connectivity index (χ3n) is 2.36. The van der Waals surface area contributed by atoms with Gasteiger partial charge in [-0.3, -0.25) is 0 Å². The van der Waals surface area contributed by atoms with Gasteiger partial charge in [0.05, 0.1) is 6.34 Å². The van der Waals surface area contributed by atoms with Crippen molar-refractivity contribution in [2.45, 2.75) is 0 Å². The van der Waals surface area contributed by atoms with E-state index in [1.807, 2.05) is 0 Å². The number of benzene rings is 2. The minimum Gasteiger partial charge on any atom is -0.455 e. The zero-order valence-corrected chi connectivity index (χ0v) is 10.5. The van der Waals surface area contributed by atoms with Crippen LogP contribution in [0.4, 0.5) is 15.8 Å². The lowest BCUT2D eigenvalue weighted by molar-refractivity contribution is 0.478. The number of hydrogen-bond acceptors (Lipinski definition) is 3. The molecule has 0 aliphatic heterocycles. The molecule has 5 nitrogen and oxygen atoms in total. The van der Waals surface area contributed by atoms with Crippen LogP contribution in [0.5, 0.6) is 11.5 Å². The van der Waals surface area contributed by atoms with Crippen LogP contribution in [0, 0.1) is 5.82 Å². The molecule has 102 valence electrons. The maximum absolute atomic E-state index is 13.1. The highest BCUT2D eigenvalue weighted by atomic mass is 19.1. The van der Waals surface area contributed by atoms with Crippen LogP contribution in [-0.4, -0.2) is 12.7 Å². The van der Waals surface area contributed by atoms with E-state index in [0.717, 1.165) is 6.34 Å². The Kier molecular flexibility index (Phi) is 4.28. The molecular formula is C14H13FN4O. The number of ether oxygens (including phenoxy) is 1. The predicted octanol–water partition coefficient (Wildman–Crippen LogP) is 2.85. The van der Waals surface area contributed by atoms with Crippen molar-refractivity contribution in [3.8, 4) is 11.5 Å². The highest BCUT2D eigenvalue weighted by Crippen LogP contribution is 2.33. The molecule has 0 aliphatic rings. The highest BCUT2D eigenvalue weighted by molar-refractivity contribution is 5.74. The molecule has 0 unspecified atom stereocenters. The van der Waals surface area contributed by atoms with Crippen LogP contribution in [0.1, 0.15) is 0 Å². The van der Waals surface area contributed by atoms with Crippen molar-refractivity contribution in [3.63, 3.8) is 0 Å². The van der Waals surface area contributed by atoms with Gasteiger partial charge in [0.25, 0.3) is 0 Å². The Hall–Kier alpha value is -2.89. The molecule has 0 radical (unpaired) electrons. The maximum Gasteiger partial charge on any atom is 0.155 e. The van der Waals surface area contributed by atoms with Crippen LogP contribution >= 0.6 is 0 Å². The molecule has 0 spiro atoms. The molecule has 0 saturated heterocycles. The lowest BCUT2D eigenvalue weighted by Gasteiger charge is -2.09. The van der Waals surface area contributed by atoms with Crippen molar-refractivity contribution in [2.24, 2.45) is 15.7 Å². The second kappa shape index (κ2) is 6.33. The zero-order chi connectivity index (χ0) is 14.4. The quantitative estimate of drug-likeness (QED) is 0.509. The molecule has 2 rings (SSSR count). The van der Waals surface area contributed by atoms with Crippen molar-refractivity contribution >= 4 is 24.1 Å². The Morgan fingerprint density at radius 1 is 1.15 bits per heavy atom. The minimum absolute atomic E-state index is 0.356. The second-order valence-corrected chi connectivity index (χ2v) is 3.83. The van der Waals surface area contributed by atoms with E-state index in [1.165, 1.54) is 18.5 Å². The van der Waals surface area contributed by atoms with E-state index in [0.29, 0.717) is 22.9 Å². The lowest BCUT2D eigenvalue weighted by atomic mass is 10.2. The van der Waals surface area contributed by atoms with Gasteiger partial charge in [0.2, 0.25) is 0 Å². The molecular weight excluding hydrogens is 259 g/mol. The Morgan fingerprint density at radius 3 is 2.75 bits per heavy atom. The van der Waals surface area contributed by atoms with Gasteiger partial charge in [0.15, 0.2) is 5.75 Å². The van der Waals surface area contributed by atoms with Crippen molar-refractivity contribution in [2.75, 3.05) is 5.73 Å². The first kappa shape index (κ1) is 13.5. The summed E-state index contributed by atoms with van der Waals surface area (Å²) in [5.74, 6) is 0.373. The number of aliphatic imine (C=N–C) groups is 2. The summed E-state index contributed by atoms with van der Waals surface area (Å²) in [6.07, 6.45) is 2.40. The number of nitrogen functional groups attached to an aromatic ring is 1. The molecule has 2 aromatic rings. The molecule has 0 aromatic heterocycles. The topological polar surface area (TPSA) is 86.0 Å². The minimum atomic E-state index is -0.385. The van der Waals surface area contributed by atoms with Gasteiger partial charge < -0.3 is 16.2 Å². The molecule has 0 fully saturated rings. The summed E-state index contributed by atoms with van der Waals surface area (Å²) >= 11 is 0. The summed E-state index contributed by atoms with van der Waals surface area (Å²) in [6, 6.07) is 10.7. The van der Waals surface area contributed by atoms with Crippen LogP contribution in [-0.2, 0) is 0 Å². The molecule has 0 heterocycles. The van der Waals surface area contributed by atoms with E-state index in [4.69, 9.17) is 16.2 Å². The molecule has 0 aliphatic carbocycles. The smallest absolute Gasteiger partial charge is 0.155 e. The van der Waals surface area contributed by atoms with Crippen LogP contribution in [0.25, 0.3) is 0 Å². The average molecular weight is 272 g/mol. The fraction of sp³-hybridized carbons (Fsp3) is 0. The van der Waals surface area contributed by atoms with Gasteiger partial charge in [0, 0.05) is 17.8 Å². The van der Waals surface area contributed by atoms with Crippen LogP contribution in [0.3, 0.4) is 0 Å². The van der Waals surface area contributed by atoms with Gasteiger partial charge >= 0.3 is 0 Å². The summed E-state index contributed by atoms with van der Waals surface area (Å²) in [6.45, 7) is 0. The van der Waals surface area contributed by atoms with Crippen LogP contribution < -0.4 is 16.2 Å². The summed E-state index contributed by atoms with van der Waals surface area (Å²) in [5.41, 5.74) is 11.8. The van der Waals surface area contributed by atoms with E-state index in [2.05, 4.69) is 9.98 Å². The van der Waals surface area contributed by atoms with Gasteiger partial charge in [-0.05, 0) is 24.3 Å². The van der Waals surface area contributed by atoms with Crippen molar-refractivity contribution < 1.29 is 9.13 Å². The van der Waals surface area contributed by atoms with Gasteiger partial charge in [-0.15, -0.1) is 0 Å². The standard InChI is InChI=1S/C14H13FN4O/c15-10-2-1-3-12(6-10)20-14-7-11(17)4-5-13(14)19-9-18-8-16/h1-9H,17H2,(H2,16,18,19). The lowest BCUT2D eigenvalue weighted by Crippen LogP contribution is -1.90. The number of rotatable bonds is 4. The maximum atomic E-state index is 13.1. The monoisotopic (exact) mass is 272 g/mol. The van der Waals surface area contributed by atoms with Gasteiger partial charge in [-0.2, -0.15) is 0 Å². The third kappa shape index (κ3) is 3.55. The van der Waals surface area contributed by atoms with Crippen LogP contribution in [0.15, 0.2) is 52.4 Å². The van der Waals surface area contributed by atoms with Gasteiger partial charge in [-0.1, -0.05) is 6.07 Å². The predicted molar refractivity (Wildman–Crippen MR) is 78.2 cm³/mol. The Balaban J connectivity index is 2.32. The molecule has 0 bridgehead atoms. The molecule has 4 N–H and O–H groups in total. The fourth-order valence-electron chi connectivity index (χ4n) is 1.51. The second-order valence-electron chi connectivity index (χ2n) is 3.83. The number of anilines is 1. The third-order valence-corrected chi connectivity index (χ3v) is 2.36. The Bertz CT molecular complexity index is 655. The average Bonchev–Trinajstić information content (AvgIpc) is 2.41. The molecule has 0 amide bonds. The molecule has 20 heavy (non-hydrogen) atoms. The highest BCUT2D eigenvalue weighted by Gasteiger charge is 2.05. The van der Waals surface area contributed by atoms with E-state index in [9.17, 15) is 4.39 Å². The fourth-order valence-corrected chi connectivity index (χ4v) is 1.51. The zero-order valence-electron chi connectivity index (χ0n) is 10.5. The summed E-state index contributed by atoms with van der Waals surface area (Å²) in [5, 5.41) is 0. The largest absolute Gasteiger partial charge is 0.455 e. The van der Waals surface area contributed by atoms with Crippen LogP contribution in [0.2, 0.25) is 0 Å².